The molecule has 0 saturated carbocycles. The van der Waals surface area contributed by atoms with Gasteiger partial charge in [0.15, 0.2) is 0 Å². The maximum atomic E-state index is 11.5. The van der Waals surface area contributed by atoms with Crippen molar-refractivity contribution in [3.8, 4) is 0 Å². The Balaban J connectivity index is 2.08. The van der Waals surface area contributed by atoms with E-state index in [4.69, 9.17) is 0 Å². The standard InChI is InChI=1S/C10H17NO/c1-2-8-6-10(12)11-5-3-4-9(8)7-11/h8-9H,2-7H2,1H3. The molecular weight excluding hydrogens is 150 g/mol. The molecule has 2 aliphatic heterocycles. The molecule has 0 aromatic carbocycles. The van der Waals surface area contributed by atoms with Crippen LogP contribution in [0.15, 0.2) is 0 Å². The molecule has 2 fully saturated rings. The number of carbonyl (C=O) groups excluding carboxylic acids is 1. The summed E-state index contributed by atoms with van der Waals surface area (Å²) in [7, 11) is 0. The second-order valence-electron chi connectivity index (χ2n) is 4.11. The highest BCUT2D eigenvalue weighted by molar-refractivity contribution is 5.77. The molecule has 2 heterocycles. The van der Waals surface area contributed by atoms with E-state index in [1.807, 2.05) is 0 Å². The summed E-state index contributed by atoms with van der Waals surface area (Å²) in [6.07, 6.45) is 4.58. The summed E-state index contributed by atoms with van der Waals surface area (Å²) < 4.78 is 0. The van der Waals surface area contributed by atoms with Gasteiger partial charge in [-0.2, -0.15) is 0 Å². The first-order valence-electron chi connectivity index (χ1n) is 5.09. The number of piperidine rings is 2. The molecule has 68 valence electrons. The van der Waals surface area contributed by atoms with Crippen molar-refractivity contribution in [2.75, 3.05) is 13.1 Å². The van der Waals surface area contributed by atoms with E-state index < -0.39 is 0 Å². The Kier molecular flexibility index (Phi) is 2.07. The van der Waals surface area contributed by atoms with Crippen LogP contribution in [-0.2, 0) is 4.79 Å². The van der Waals surface area contributed by atoms with Crippen LogP contribution in [0.25, 0.3) is 0 Å². The summed E-state index contributed by atoms with van der Waals surface area (Å²) >= 11 is 0. The van der Waals surface area contributed by atoms with Crippen LogP contribution in [-0.4, -0.2) is 23.9 Å². The fraction of sp³-hybridized carbons (Fsp3) is 0.900. The van der Waals surface area contributed by atoms with Crippen LogP contribution in [0.4, 0.5) is 0 Å². The molecule has 0 spiro atoms. The number of hydrogen-bond donors (Lipinski definition) is 0. The van der Waals surface area contributed by atoms with Crippen molar-refractivity contribution >= 4 is 5.91 Å². The van der Waals surface area contributed by atoms with Crippen molar-refractivity contribution in [2.24, 2.45) is 11.8 Å². The van der Waals surface area contributed by atoms with Gasteiger partial charge in [-0.05, 0) is 24.7 Å². The highest BCUT2D eigenvalue weighted by atomic mass is 16.2. The van der Waals surface area contributed by atoms with Gasteiger partial charge in [0.2, 0.25) is 5.91 Å². The fourth-order valence-corrected chi connectivity index (χ4v) is 2.62. The summed E-state index contributed by atoms with van der Waals surface area (Å²) in [6.45, 7) is 4.28. The van der Waals surface area contributed by atoms with Crippen LogP contribution < -0.4 is 0 Å². The molecule has 12 heavy (non-hydrogen) atoms. The molecule has 0 aromatic heterocycles. The lowest BCUT2D eigenvalue weighted by atomic mass is 9.78. The van der Waals surface area contributed by atoms with Crippen LogP contribution in [0.3, 0.4) is 0 Å². The maximum absolute atomic E-state index is 11.5. The van der Waals surface area contributed by atoms with Gasteiger partial charge >= 0.3 is 0 Å². The van der Waals surface area contributed by atoms with E-state index in [0.29, 0.717) is 11.8 Å². The Hall–Kier alpha value is -0.530. The Morgan fingerprint density at radius 3 is 3.17 bits per heavy atom. The van der Waals surface area contributed by atoms with Crippen molar-refractivity contribution in [2.45, 2.75) is 32.6 Å². The average molecular weight is 167 g/mol. The normalized spacial score (nSPS) is 35.4. The number of amides is 1. The molecule has 1 amide bonds. The zero-order valence-electron chi connectivity index (χ0n) is 7.75. The van der Waals surface area contributed by atoms with Gasteiger partial charge in [0.25, 0.3) is 0 Å². The molecule has 2 saturated heterocycles. The molecule has 2 unspecified atom stereocenters. The molecular formula is C10H17NO. The van der Waals surface area contributed by atoms with E-state index in [0.717, 1.165) is 25.4 Å². The second kappa shape index (κ2) is 3.08. The van der Waals surface area contributed by atoms with Gasteiger partial charge in [-0.1, -0.05) is 13.3 Å². The van der Waals surface area contributed by atoms with Crippen molar-refractivity contribution in [3.05, 3.63) is 0 Å². The topological polar surface area (TPSA) is 20.3 Å². The van der Waals surface area contributed by atoms with Crippen LogP contribution in [0.5, 0.6) is 0 Å². The first-order valence-corrected chi connectivity index (χ1v) is 5.09. The van der Waals surface area contributed by atoms with E-state index in [2.05, 4.69) is 11.8 Å². The van der Waals surface area contributed by atoms with Gasteiger partial charge in [0.05, 0.1) is 0 Å². The van der Waals surface area contributed by atoms with Crippen molar-refractivity contribution in [1.29, 1.82) is 0 Å². The Labute approximate surface area is 73.9 Å². The monoisotopic (exact) mass is 167 g/mol. The first kappa shape index (κ1) is 8.09. The SMILES string of the molecule is CCC1CC(=O)N2CCCC1C2. The number of hydrogen-bond acceptors (Lipinski definition) is 1. The third kappa shape index (κ3) is 1.23. The van der Waals surface area contributed by atoms with E-state index in [-0.39, 0.29) is 0 Å². The number of carbonyl (C=O) groups is 1. The van der Waals surface area contributed by atoms with Crippen LogP contribution in [0, 0.1) is 11.8 Å². The van der Waals surface area contributed by atoms with Gasteiger partial charge in [-0.15, -0.1) is 0 Å². The highest BCUT2D eigenvalue weighted by Crippen LogP contribution is 2.33. The Morgan fingerprint density at radius 2 is 2.42 bits per heavy atom. The molecule has 0 aliphatic carbocycles. The van der Waals surface area contributed by atoms with Gasteiger partial charge < -0.3 is 4.90 Å². The number of nitrogens with zero attached hydrogens (tertiary/aromatic N) is 1. The molecule has 0 N–H and O–H groups in total. The maximum Gasteiger partial charge on any atom is 0.222 e. The van der Waals surface area contributed by atoms with E-state index in [1.54, 1.807) is 0 Å². The third-order valence-electron chi connectivity index (χ3n) is 3.44. The molecule has 2 atom stereocenters. The number of fused-ring (bicyclic) bond motifs is 2. The van der Waals surface area contributed by atoms with E-state index >= 15 is 0 Å². The fourth-order valence-electron chi connectivity index (χ4n) is 2.62. The zero-order chi connectivity index (χ0) is 8.55. The summed E-state index contributed by atoms with van der Waals surface area (Å²) in [5.74, 6) is 1.91. The smallest absolute Gasteiger partial charge is 0.222 e. The average Bonchev–Trinajstić information content (AvgIpc) is 2.12. The molecule has 2 aliphatic rings. The lowest BCUT2D eigenvalue weighted by Gasteiger charge is -2.42. The summed E-state index contributed by atoms with van der Waals surface area (Å²) in [5, 5.41) is 0. The lowest BCUT2D eigenvalue weighted by molar-refractivity contribution is -0.139. The minimum atomic E-state index is 0.401. The lowest BCUT2D eigenvalue weighted by Crippen LogP contribution is -2.47. The summed E-state index contributed by atoms with van der Waals surface area (Å²) in [4.78, 5) is 13.6. The molecule has 2 nitrogen and oxygen atoms in total. The van der Waals surface area contributed by atoms with Crippen LogP contribution in [0.1, 0.15) is 32.6 Å². The van der Waals surface area contributed by atoms with Gasteiger partial charge in [0, 0.05) is 19.5 Å². The first-order chi connectivity index (χ1) is 5.81. The summed E-state index contributed by atoms with van der Waals surface area (Å²) in [5.41, 5.74) is 0. The van der Waals surface area contributed by atoms with Crippen LogP contribution in [0.2, 0.25) is 0 Å². The molecule has 2 heteroatoms. The molecule has 0 radical (unpaired) electrons. The van der Waals surface area contributed by atoms with E-state index in [1.165, 1.54) is 19.3 Å². The predicted molar refractivity (Wildman–Crippen MR) is 47.7 cm³/mol. The predicted octanol–water partition coefficient (Wildman–Crippen LogP) is 1.65. The molecule has 2 rings (SSSR count). The number of rotatable bonds is 1. The van der Waals surface area contributed by atoms with Crippen molar-refractivity contribution in [3.63, 3.8) is 0 Å². The highest BCUT2D eigenvalue weighted by Gasteiger charge is 2.35. The van der Waals surface area contributed by atoms with Gasteiger partial charge in [-0.25, -0.2) is 0 Å². The van der Waals surface area contributed by atoms with Gasteiger partial charge in [0.1, 0.15) is 0 Å². The zero-order valence-corrected chi connectivity index (χ0v) is 7.75. The minimum absolute atomic E-state index is 0.401. The molecule has 0 aromatic rings. The third-order valence-corrected chi connectivity index (χ3v) is 3.44. The van der Waals surface area contributed by atoms with Crippen molar-refractivity contribution in [1.82, 2.24) is 4.90 Å². The van der Waals surface area contributed by atoms with Crippen molar-refractivity contribution < 1.29 is 4.79 Å². The minimum Gasteiger partial charge on any atom is -0.342 e. The molecule has 2 bridgehead atoms. The van der Waals surface area contributed by atoms with E-state index in [9.17, 15) is 4.79 Å². The van der Waals surface area contributed by atoms with Gasteiger partial charge in [-0.3, -0.25) is 4.79 Å². The Bertz CT molecular complexity index is 190. The summed E-state index contributed by atoms with van der Waals surface area (Å²) in [6, 6.07) is 0. The van der Waals surface area contributed by atoms with Crippen LogP contribution >= 0.6 is 0 Å². The second-order valence-corrected chi connectivity index (χ2v) is 4.11. The largest absolute Gasteiger partial charge is 0.342 e. The Morgan fingerprint density at radius 1 is 1.58 bits per heavy atom. The quantitative estimate of drug-likeness (QED) is 0.581.